The lowest BCUT2D eigenvalue weighted by Crippen LogP contribution is -2.08. The number of rotatable bonds is 6. The van der Waals surface area contributed by atoms with Gasteiger partial charge in [-0.1, -0.05) is 47.0 Å². The lowest BCUT2D eigenvalue weighted by Gasteiger charge is -2.01. The molecule has 8 heteroatoms. The van der Waals surface area contributed by atoms with Crippen molar-refractivity contribution >= 4 is 40.8 Å². The van der Waals surface area contributed by atoms with Crippen molar-refractivity contribution in [2.45, 2.75) is 26.1 Å². The van der Waals surface area contributed by atoms with Crippen molar-refractivity contribution in [1.82, 2.24) is 10.2 Å². The van der Waals surface area contributed by atoms with Gasteiger partial charge in [0.1, 0.15) is 11.0 Å². The molecule has 1 saturated heterocycles. The zero-order valence-electron chi connectivity index (χ0n) is 11.9. The van der Waals surface area contributed by atoms with Crippen molar-refractivity contribution in [3.05, 3.63) is 29.8 Å². The Balaban J connectivity index is 1.53. The number of nitrogens with zero attached hydrogens (tertiary/aromatic N) is 2. The van der Waals surface area contributed by atoms with Crippen LogP contribution >= 0.6 is 34.9 Å². The summed E-state index contributed by atoms with van der Waals surface area (Å²) in [4.78, 5) is 11.4. The van der Waals surface area contributed by atoms with E-state index in [4.69, 9.17) is 9.47 Å². The maximum absolute atomic E-state index is 11.4. The van der Waals surface area contributed by atoms with E-state index in [0.29, 0.717) is 6.61 Å². The maximum Gasteiger partial charge on any atom is 0.319 e. The van der Waals surface area contributed by atoms with Gasteiger partial charge in [0.25, 0.3) is 0 Å². The molecule has 5 nitrogen and oxygen atoms in total. The Bertz CT molecular complexity index is 645. The lowest BCUT2D eigenvalue weighted by molar-refractivity contribution is -0.137. The van der Waals surface area contributed by atoms with Gasteiger partial charge in [-0.2, -0.15) is 0 Å². The molecule has 1 fully saturated rings. The third-order valence-electron chi connectivity index (χ3n) is 3.04. The quantitative estimate of drug-likeness (QED) is 0.583. The number of methoxy groups -OCH3 is 1. The first kappa shape index (κ1) is 15.6. The molecule has 2 heterocycles. The Kier molecular flexibility index (Phi) is 5.22. The number of carbonyl (C=O) groups is 1. The van der Waals surface area contributed by atoms with E-state index in [1.807, 2.05) is 24.3 Å². The van der Waals surface area contributed by atoms with Crippen molar-refractivity contribution in [3.63, 3.8) is 0 Å². The minimum atomic E-state index is -0.146. The number of aromatic nitrogens is 2. The zero-order chi connectivity index (χ0) is 15.4. The Hall–Kier alpha value is -1.25. The summed E-state index contributed by atoms with van der Waals surface area (Å²) in [6.45, 7) is 0.508. The van der Waals surface area contributed by atoms with E-state index in [9.17, 15) is 4.79 Å². The number of hydrogen-bond acceptors (Lipinski definition) is 8. The van der Waals surface area contributed by atoms with Gasteiger partial charge in [-0.25, -0.2) is 0 Å². The molecule has 1 aliphatic rings. The third kappa shape index (κ3) is 3.93. The van der Waals surface area contributed by atoms with Gasteiger partial charge in [0, 0.05) is 12.2 Å². The highest BCUT2D eigenvalue weighted by atomic mass is 32.2. The van der Waals surface area contributed by atoms with Gasteiger partial charge < -0.3 is 9.47 Å². The van der Waals surface area contributed by atoms with E-state index >= 15 is 0 Å². The number of cyclic esters (lactones) is 1. The number of hydrogen-bond donors (Lipinski definition) is 0. The van der Waals surface area contributed by atoms with Gasteiger partial charge >= 0.3 is 5.97 Å². The minimum absolute atomic E-state index is 0.132. The van der Waals surface area contributed by atoms with Crippen molar-refractivity contribution in [2.24, 2.45) is 0 Å². The van der Waals surface area contributed by atoms with Crippen molar-refractivity contribution in [2.75, 3.05) is 13.7 Å². The van der Waals surface area contributed by atoms with Crippen LogP contribution < -0.4 is 4.74 Å². The van der Waals surface area contributed by atoms with E-state index in [2.05, 4.69) is 10.2 Å². The zero-order valence-corrected chi connectivity index (χ0v) is 14.3. The summed E-state index contributed by atoms with van der Waals surface area (Å²) in [7, 11) is 1.66. The highest BCUT2D eigenvalue weighted by Gasteiger charge is 2.28. The first-order chi connectivity index (χ1) is 10.7. The second kappa shape index (κ2) is 7.34. The Morgan fingerprint density at radius 3 is 2.77 bits per heavy atom. The second-order valence-corrected chi connectivity index (χ2v) is 8.18. The molecule has 0 amide bonds. The minimum Gasteiger partial charge on any atom is -0.497 e. The number of benzene rings is 1. The molecular formula is C14H14N2O3S3. The second-order valence-electron chi connectivity index (χ2n) is 4.53. The van der Waals surface area contributed by atoms with E-state index in [-0.39, 0.29) is 11.2 Å². The molecule has 1 atom stereocenters. The van der Waals surface area contributed by atoms with Gasteiger partial charge in [0.15, 0.2) is 8.68 Å². The van der Waals surface area contributed by atoms with Crippen LogP contribution in [0.3, 0.4) is 0 Å². The monoisotopic (exact) mass is 354 g/mol. The summed E-state index contributed by atoms with van der Waals surface area (Å²) < 4.78 is 11.8. The summed E-state index contributed by atoms with van der Waals surface area (Å²) in [5, 5.41) is 8.17. The normalized spacial score (nSPS) is 17.5. The van der Waals surface area contributed by atoms with Crippen LogP contribution in [0.25, 0.3) is 0 Å². The molecule has 1 aliphatic heterocycles. The first-order valence-electron chi connectivity index (χ1n) is 6.67. The predicted molar refractivity (Wildman–Crippen MR) is 87.7 cm³/mol. The van der Waals surface area contributed by atoms with Crippen LogP contribution in [0.4, 0.5) is 0 Å². The van der Waals surface area contributed by atoms with E-state index in [0.717, 1.165) is 26.6 Å². The Labute approximate surface area is 140 Å². The average Bonchev–Trinajstić information content (AvgIpc) is 3.16. The largest absolute Gasteiger partial charge is 0.497 e. The van der Waals surface area contributed by atoms with E-state index < -0.39 is 0 Å². The van der Waals surface area contributed by atoms with Gasteiger partial charge in [-0.3, -0.25) is 4.79 Å². The smallest absolute Gasteiger partial charge is 0.319 e. The van der Waals surface area contributed by atoms with Gasteiger partial charge in [-0.05, 0) is 17.7 Å². The number of carbonyl (C=O) groups excluding carboxylic acids is 1. The summed E-state index contributed by atoms with van der Waals surface area (Å²) >= 11 is 4.61. The topological polar surface area (TPSA) is 61.3 Å². The van der Waals surface area contributed by atoms with Crippen LogP contribution in [0.2, 0.25) is 0 Å². The molecule has 0 spiro atoms. The van der Waals surface area contributed by atoms with Gasteiger partial charge in [0.2, 0.25) is 0 Å². The van der Waals surface area contributed by atoms with Crippen molar-refractivity contribution < 1.29 is 14.3 Å². The van der Waals surface area contributed by atoms with Crippen molar-refractivity contribution in [1.29, 1.82) is 0 Å². The number of thioether (sulfide) groups is 2. The number of esters is 1. The third-order valence-corrected chi connectivity index (χ3v) is 6.50. The molecule has 0 bridgehead atoms. The molecule has 1 aromatic heterocycles. The molecule has 0 N–H and O–H groups in total. The molecule has 1 aromatic carbocycles. The highest BCUT2D eigenvalue weighted by Crippen LogP contribution is 2.35. The fourth-order valence-corrected chi connectivity index (χ4v) is 5.06. The molecule has 0 aliphatic carbocycles. The van der Waals surface area contributed by atoms with Crippen LogP contribution in [0.15, 0.2) is 32.9 Å². The predicted octanol–water partition coefficient (Wildman–Crippen LogP) is 3.25. The van der Waals surface area contributed by atoms with E-state index in [1.54, 1.807) is 18.9 Å². The average molecular weight is 354 g/mol. The van der Waals surface area contributed by atoms with Crippen LogP contribution in [-0.4, -0.2) is 35.1 Å². The van der Waals surface area contributed by atoms with Crippen LogP contribution in [0, 0.1) is 0 Å². The van der Waals surface area contributed by atoms with Crippen LogP contribution in [0.5, 0.6) is 5.75 Å². The first-order valence-corrected chi connectivity index (χ1v) is 9.35. The Morgan fingerprint density at radius 1 is 1.32 bits per heavy atom. The molecule has 0 unspecified atom stereocenters. The van der Waals surface area contributed by atoms with Gasteiger partial charge in [-0.15, -0.1) is 10.2 Å². The van der Waals surface area contributed by atoms with Crippen LogP contribution in [-0.2, 0) is 15.3 Å². The fraction of sp³-hybridized carbons (Fsp3) is 0.357. The highest BCUT2D eigenvalue weighted by molar-refractivity contribution is 8.03. The molecule has 3 rings (SSSR count). The lowest BCUT2D eigenvalue weighted by atomic mass is 10.2. The number of ether oxygens (including phenoxy) is 2. The molecular weight excluding hydrogens is 340 g/mol. The SMILES string of the molecule is COc1ccc(CSc2nnc(S[C@H]3CCOC3=O)s2)cc1. The van der Waals surface area contributed by atoms with Crippen LogP contribution in [0.1, 0.15) is 12.0 Å². The van der Waals surface area contributed by atoms with Crippen molar-refractivity contribution in [3.8, 4) is 5.75 Å². The van der Waals surface area contributed by atoms with Gasteiger partial charge in [0.05, 0.1) is 13.7 Å². The summed E-state index contributed by atoms with van der Waals surface area (Å²) in [6, 6.07) is 7.97. The standard InChI is InChI=1S/C14H14N2O3S3/c1-18-10-4-2-9(3-5-10)8-20-13-15-16-14(22-13)21-11-6-7-19-12(11)17/h2-5,11H,6-8H2,1H3/t11-/m0/s1. The summed E-state index contributed by atoms with van der Waals surface area (Å²) in [5.74, 6) is 1.54. The summed E-state index contributed by atoms with van der Waals surface area (Å²) in [6.07, 6.45) is 0.747. The molecule has 22 heavy (non-hydrogen) atoms. The molecule has 2 aromatic rings. The maximum atomic E-state index is 11.4. The fourth-order valence-electron chi connectivity index (χ4n) is 1.88. The Morgan fingerprint density at radius 2 is 2.09 bits per heavy atom. The molecule has 0 radical (unpaired) electrons. The molecule has 116 valence electrons. The summed E-state index contributed by atoms with van der Waals surface area (Å²) in [5.41, 5.74) is 1.20. The van der Waals surface area contributed by atoms with E-state index in [1.165, 1.54) is 28.7 Å². The molecule has 0 saturated carbocycles.